The van der Waals surface area contributed by atoms with Crippen molar-refractivity contribution in [2.24, 2.45) is 0 Å². The van der Waals surface area contributed by atoms with Crippen molar-refractivity contribution in [3.05, 3.63) is 12.7 Å². The topological polar surface area (TPSA) is 12.0 Å². The van der Waals surface area contributed by atoms with E-state index in [4.69, 9.17) is 0 Å². The van der Waals surface area contributed by atoms with Gasteiger partial charge < -0.3 is 5.32 Å². The van der Waals surface area contributed by atoms with E-state index in [-0.39, 0.29) is 0 Å². The predicted octanol–water partition coefficient (Wildman–Crippen LogP) is 2.68. The largest absolute Gasteiger partial charge is 0.313 e. The Morgan fingerprint density at radius 1 is 1.58 bits per heavy atom. The van der Waals surface area contributed by atoms with Crippen molar-refractivity contribution in [2.75, 3.05) is 18.1 Å². The Labute approximate surface area is 81.0 Å². The molecule has 1 unspecified atom stereocenters. The van der Waals surface area contributed by atoms with Crippen LogP contribution in [0.4, 0.5) is 0 Å². The zero-order valence-electron chi connectivity index (χ0n) is 8.31. The van der Waals surface area contributed by atoms with Crippen LogP contribution in [0.15, 0.2) is 12.7 Å². The summed E-state index contributed by atoms with van der Waals surface area (Å²) in [6, 6.07) is 0.680. The molecular formula is C10H21NS. The van der Waals surface area contributed by atoms with Crippen LogP contribution in [0.3, 0.4) is 0 Å². The quantitative estimate of drug-likeness (QED) is 0.463. The highest BCUT2D eigenvalue weighted by atomic mass is 32.2. The highest BCUT2D eigenvalue weighted by molar-refractivity contribution is 7.99. The Hall–Kier alpha value is 0.0500. The highest BCUT2D eigenvalue weighted by Gasteiger charge is 1.97. The number of rotatable bonds is 8. The number of thioether (sulfide) groups is 1. The molecule has 0 amide bonds. The van der Waals surface area contributed by atoms with E-state index in [1.165, 1.54) is 18.6 Å². The zero-order valence-corrected chi connectivity index (χ0v) is 9.12. The summed E-state index contributed by atoms with van der Waals surface area (Å²) < 4.78 is 0. The Bertz CT molecular complexity index is 104. The minimum absolute atomic E-state index is 0.680. The molecule has 1 atom stereocenters. The van der Waals surface area contributed by atoms with Crippen molar-refractivity contribution in [1.29, 1.82) is 0 Å². The lowest BCUT2D eigenvalue weighted by Gasteiger charge is -2.11. The molecular weight excluding hydrogens is 166 g/mol. The fraction of sp³-hybridized carbons (Fsp3) is 0.800. The van der Waals surface area contributed by atoms with E-state index >= 15 is 0 Å². The smallest absolute Gasteiger partial charge is 0.0111 e. The van der Waals surface area contributed by atoms with E-state index in [0.717, 1.165) is 12.3 Å². The minimum atomic E-state index is 0.680. The van der Waals surface area contributed by atoms with Gasteiger partial charge in [0.15, 0.2) is 0 Å². The van der Waals surface area contributed by atoms with E-state index < -0.39 is 0 Å². The maximum atomic E-state index is 3.68. The molecule has 1 N–H and O–H groups in total. The van der Waals surface area contributed by atoms with E-state index in [1.54, 1.807) is 0 Å². The lowest BCUT2D eigenvalue weighted by molar-refractivity contribution is 0.526. The second-order valence-corrected chi connectivity index (χ2v) is 4.16. The first-order valence-corrected chi connectivity index (χ1v) is 5.88. The van der Waals surface area contributed by atoms with Crippen molar-refractivity contribution >= 4 is 11.8 Å². The number of nitrogens with one attached hydrogen (secondary N) is 1. The molecule has 0 saturated carbocycles. The van der Waals surface area contributed by atoms with Crippen molar-refractivity contribution < 1.29 is 0 Å². The van der Waals surface area contributed by atoms with Crippen LogP contribution in [0, 0.1) is 0 Å². The van der Waals surface area contributed by atoms with Crippen molar-refractivity contribution in [3.63, 3.8) is 0 Å². The van der Waals surface area contributed by atoms with Crippen LogP contribution in [-0.2, 0) is 0 Å². The van der Waals surface area contributed by atoms with Crippen LogP contribution < -0.4 is 5.32 Å². The van der Waals surface area contributed by atoms with Crippen LogP contribution in [-0.4, -0.2) is 24.1 Å². The van der Waals surface area contributed by atoms with Gasteiger partial charge in [-0.1, -0.05) is 19.4 Å². The fourth-order valence-electron chi connectivity index (χ4n) is 1.08. The lowest BCUT2D eigenvalue weighted by Crippen LogP contribution is -2.27. The standard InChI is InChI=1S/C10H21NS/c1-4-6-10(3)11-7-9-12-8-5-2/h5,10-11H,2,4,6-9H2,1,3H3. The molecule has 0 aromatic heterocycles. The second kappa shape index (κ2) is 9.14. The summed E-state index contributed by atoms with van der Waals surface area (Å²) in [7, 11) is 0. The number of hydrogen-bond acceptors (Lipinski definition) is 2. The van der Waals surface area contributed by atoms with Gasteiger partial charge in [0, 0.05) is 24.1 Å². The van der Waals surface area contributed by atoms with Crippen molar-refractivity contribution in [3.8, 4) is 0 Å². The minimum Gasteiger partial charge on any atom is -0.313 e. The summed E-state index contributed by atoms with van der Waals surface area (Å²) in [5.74, 6) is 2.27. The molecule has 0 bridgehead atoms. The molecule has 1 nitrogen and oxygen atoms in total. The van der Waals surface area contributed by atoms with Crippen molar-refractivity contribution in [1.82, 2.24) is 5.32 Å². The third-order valence-electron chi connectivity index (χ3n) is 1.70. The SMILES string of the molecule is C=CCSCCNC(C)CCC. The van der Waals surface area contributed by atoms with Gasteiger partial charge in [0.05, 0.1) is 0 Å². The van der Waals surface area contributed by atoms with E-state index in [0.29, 0.717) is 6.04 Å². The molecule has 0 radical (unpaired) electrons. The summed E-state index contributed by atoms with van der Waals surface area (Å²) in [6.07, 6.45) is 4.51. The normalized spacial score (nSPS) is 12.8. The first kappa shape index (κ1) is 12.0. The molecule has 0 aromatic rings. The van der Waals surface area contributed by atoms with Crippen molar-refractivity contribution in [2.45, 2.75) is 32.7 Å². The monoisotopic (exact) mass is 187 g/mol. The molecule has 0 saturated heterocycles. The van der Waals surface area contributed by atoms with Gasteiger partial charge in [0.1, 0.15) is 0 Å². The van der Waals surface area contributed by atoms with Gasteiger partial charge in [-0.2, -0.15) is 11.8 Å². The zero-order chi connectivity index (χ0) is 9.23. The molecule has 0 aromatic carbocycles. The molecule has 0 fully saturated rings. The van der Waals surface area contributed by atoms with Crippen LogP contribution in [0.25, 0.3) is 0 Å². The third-order valence-corrected chi connectivity index (χ3v) is 2.66. The van der Waals surface area contributed by atoms with Gasteiger partial charge in [-0.05, 0) is 13.3 Å². The number of hydrogen-bond donors (Lipinski definition) is 1. The summed E-state index contributed by atoms with van der Waals surface area (Å²) >= 11 is 1.93. The Balaban J connectivity index is 3.02. The summed E-state index contributed by atoms with van der Waals surface area (Å²) in [5, 5.41) is 3.49. The average molecular weight is 187 g/mol. The van der Waals surface area contributed by atoms with E-state index in [9.17, 15) is 0 Å². The first-order chi connectivity index (χ1) is 5.81. The Morgan fingerprint density at radius 2 is 2.33 bits per heavy atom. The Morgan fingerprint density at radius 3 is 2.92 bits per heavy atom. The van der Waals surface area contributed by atoms with E-state index in [2.05, 4.69) is 25.7 Å². The molecule has 0 aliphatic carbocycles. The summed E-state index contributed by atoms with van der Waals surface area (Å²) in [5.41, 5.74) is 0. The van der Waals surface area contributed by atoms with Crippen LogP contribution in [0.1, 0.15) is 26.7 Å². The predicted molar refractivity (Wildman–Crippen MR) is 59.9 cm³/mol. The maximum absolute atomic E-state index is 3.68. The van der Waals surface area contributed by atoms with Crippen LogP contribution >= 0.6 is 11.8 Å². The van der Waals surface area contributed by atoms with E-state index in [1.807, 2.05) is 17.8 Å². The average Bonchev–Trinajstić information content (AvgIpc) is 2.05. The molecule has 0 spiro atoms. The summed E-state index contributed by atoms with van der Waals surface area (Å²) in [4.78, 5) is 0. The molecule has 12 heavy (non-hydrogen) atoms. The maximum Gasteiger partial charge on any atom is 0.0111 e. The van der Waals surface area contributed by atoms with Gasteiger partial charge in [0.25, 0.3) is 0 Å². The molecule has 2 heteroatoms. The second-order valence-electron chi connectivity index (χ2n) is 3.01. The first-order valence-electron chi connectivity index (χ1n) is 4.73. The molecule has 0 aliphatic rings. The van der Waals surface area contributed by atoms with Gasteiger partial charge >= 0.3 is 0 Å². The van der Waals surface area contributed by atoms with Gasteiger partial charge in [-0.3, -0.25) is 0 Å². The van der Waals surface area contributed by atoms with Gasteiger partial charge in [-0.25, -0.2) is 0 Å². The van der Waals surface area contributed by atoms with Crippen LogP contribution in [0.5, 0.6) is 0 Å². The molecule has 0 heterocycles. The van der Waals surface area contributed by atoms with Crippen LogP contribution in [0.2, 0.25) is 0 Å². The highest BCUT2D eigenvalue weighted by Crippen LogP contribution is 1.99. The third kappa shape index (κ3) is 8.15. The van der Waals surface area contributed by atoms with Gasteiger partial charge in [-0.15, -0.1) is 6.58 Å². The molecule has 72 valence electrons. The summed E-state index contributed by atoms with van der Waals surface area (Å²) in [6.45, 7) is 9.28. The molecule has 0 rings (SSSR count). The fourth-order valence-corrected chi connectivity index (χ4v) is 1.67. The van der Waals surface area contributed by atoms with Gasteiger partial charge in [0.2, 0.25) is 0 Å². The lowest BCUT2D eigenvalue weighted by atomic mass is 10.2. The Kier molecular flexibility index (Phi) is 9.18. The molecule has 0 aliphatic heterocycles.